The van der Waals surface area contributed by atoms with E-state index in [4.69, 9.17) is 14.8 Å². The number of thioether (sulfide) groups is 1. The smallest absolute Gasteiger partial charge is 0.227 e. The van der Waals surface area contributed by atoms with E-state index in [1.54, 1.807) is 18.9 Å². The summed E-state index contributed by atoms with van der Waals surface area (Å²) in [4.78, 5) is 18.2. The summed E-state index contributed by atoms with van der Waals surface area (Å²) >= 11 is 1.61. The Labute approximate surface area is 204 Å². The molecule has 176 valence electrons. The van der Waals surface area contributed by atoms with Crippen LogP contribution in [0.5, 0.6) is 5.75 Å². The number of carbonyl (C=O) groups excluding carboxylic acids is 1. The summed E-state index contributed by atoms with van der Waals surface area (Å²) in [6, 6.07) is 14.0. The normalized spacial score (nSPS) is 18.9. The number of methoxy groups -OCH3 is 1. The van der Waals surface area contributed by atoms with Crippen molar-refractivity contribution in [1.82, 2.24) is 14.8 Å². The van der Waals surface area contributed by atoms with Crippen molar-refractivity contribution in [3.05, 3.63) is 76.0 Å². The highest BCUT2D eigenvalue weighted by atomic mass is 32.2. The average Bonchev–Trinajstić information content (AvgIpc) is 3.18. The molecule has 2 aliphatic rings. The van der Waals surface area contributed by atoms with Gasteiger partial charge in [0.05, 0.1) is 7.11 Å². The van der Waals surface area contributed by atoms with Gasteiger partial charge in [-0.2, -0.15) is 4.98 Å². The zero-order valence-corrected chi connectivity index (χ0v) is 21.1. The Bertz CT molecular complexity index is 1310. The highest BCUT2D eigenvalue weighted by molar-refractivity contribution is 7.98. The number of para-hydroxylation sites is 1. The minimum atomic E-state index is -0.367. The van der Waals surface area contributed by atoms with Gasteiger partial charge in [-0.3, -0.25) is 4.79 Å². The lowest BCUT2D eigenvalue weighted by Gasteiger charge is -2.38. The van der Waals surface area contributed by atoms with Crippen LogP contribution in [-0.2, 0) is 10.5 Å². The van der Waals surface area contributed by atoms with Crippen LogP contribution in [0.2, 0.25) is 0 Å². The monoisotopic (exact) mass is 474 g/mol. The van der Waals surface area contributed by atoms with Gasteiger partial charge in [0.25, 0.3) is 0 Å². The highest BCUT2D eigenvalue weighted by Gasteiger charge is 2.42. The Morgan fingerprint density at radius 2 is 1.97 bits per heavy atom. The van der Waals surface area contributed by atoms with Crippen molar-refractivity contribution in [2.45, 2.75) is 57.5 Å². The van der Waals surface area contributed by atoms with Crippen molar-refractivity contribution >= 4 is 23.5 Å². The second-order valence-corrected chi connectivity index (χ2v) is 10.9. The number of carbonyl (C=O) groups is 1. The first-order valence-corrected chi connectivity index (χ1v) is 12.6. The van der Waals surface area contributed by atoms with E-state index in [0.29, 0.717) is 17.5 Å². The SMILES string of the molecule is COc1ccccc1[C@H]1C2=C(CC(C)(C)CC2=O)Nc2nc(SCc3ccc(C)cc3C)nn21. The molecule has 1 atom stereocenters. The topological polar surface area (TPSA) is 69.0 Å². The Hall–Kier alpha value is -3.06. The molecular formula is C27H30N4O2S. The molecule has 1 aromatic heterocycles. The predicted octanol–water partition coefficient (Wildman–Crippen LogP) is 5.85. The first-order valence-electron chi connectivity index (χ1n) is 11.6. The molecule has 7 heteroatoms. The van der Waals surface area contributed by atoms with E-state index in [0.717, 1.165) is 34.8 Å². The van der Waals surface area contributed by atoms with E-state index in [1.807, 2.05) is 28.9 Å². The molecule has 2 aromatic carbocycles. The number of nitrogens with zero attached hydrogens (tertiary/aromatic N) is 3. The second-order valence-electron chi connectivity index (χ2n) is 9.98. The van der Waals surface area contributed by atoms with Crippen molar-refractivity contribution in [2.24, 2.45) is 5.41 Å². The predicted molar refractivity (Wildman–Crippen MR) is 135 cm³/mol. The minimum absolute atomic E-state index is 0.100. The molecule has 0 amide bonds. The lowest BCUT2D eigenvalue weighted by molar-refractivity contribution is -0.118. The molecular weight excluding hydrogens is 444 g/mol. The van der Waals surface area contributed by atoms with Gasteiger partial charge in [-0.25, -0.2) is 4.68 Å². The Kier molecular flexibility index (Phi) is 5.76. The molecule has 1 aliphatic carbocycles. The van der Waals surface area contributed by atoms with Crippen LogP contribution in [0, 0.1) is 19.3 Å². The number of aromatic nitrogens is 3. The fraction of sp³-hybridized carbons (Fsp3) is 0.370. The maximum atomic E-state index is 13.4. The molecule has 0 bridgehead atoms. The summed E-state index contributed by atoms with van der Waals surface area (Å²) in [5, 5.41) is 9.01. The van der Waals surface area contributed by atoms with E-state index < -0.39 is 0 Å². The summed E-state index contributed by atoms with van der Waals surface area (Å²) in [6.45, 7) is 8.52. The molecule has 0 fully saturated rings. The molecule has 0 saturated carbocycles. The first kappa shape index (κ1) is 22.7. The number of hydrogen-bond acceptors (Lipinski definition) is 6. The van der Waals surface area contributed by atoms with Crippen LogP contribution in [0.1, 0.15) is 55.0 Å². The third-order valence-corrected chi connectivity index (χ3v) is 7.49. The maximum Gasteiger partial charge on any atom is 0.227 e. The number of fused-ring (bicyclic) bond motifs is 1. The largest absolute Gasteiger partial charge is 0.496 e. The molecule has 6 nitrogen and oxygen atoms in total. The third-order valence-electron chi connectivity index (χ3n) is 6.60. The van der Waals surface area contributed by atoms with Crippen molar-refractivity contribution in [3.8, 4) is 5.75 Å². The van der Waals surface area contributed by atoms with Gasteiger partial charge in [0, 0.05) is 29.0 Å². The fourth-order valence-electron chi connectivity index (χ4n) is 4.98. The highest BCUT2D eigenvalue weighted by Crippen LogP contribution is 2.47. The molecule has 0 unspecified atom stereocenters. The van der Waals surface area contributed by atoms with Gasteiger partial charge in [0.2, 0.25) is 11.1 Å². The molecule has 0 saturated heterocycles. The van der Waals surface area contributed by atoms with Crippen molar-refractivity contribution in [1.29, 1.82) is 0 Å². The second kappa shape index (κ2) is 8.62. The first-order chi connectivity index (χ1) is 16.3. The fourth-order valence-corrected chi connectivity index (χ4v) is 5.89. The maximum absolute atomic E-state index is 13.4. The van der Waals surface area contributed by atoms with E-state index in [9.17, 15) is 4.79 Å². The Balaban J connectivity index is 1.55. The molecule has 34 heavy (non-hydrogen) atoms. The number of nitrogens with one attached hydrogen (secondary N) is 1. The van der Waals surface area contributed by atoms with Crippen LogP contribution in [0.25, 0.3) is 0 Å². The van der Waals surface area contributed by atoms with Crippen LogP contribution in [-0.4, -0.2) is 27.7 Å². The Morgan fingerprint density at radius 1 is 1.18 bits per heavy atom. The lowest BCUT2D eigenvalue weighted by Crippen LogP contribution is -2.36. The zero-order valence-electron chi connectivity index (χ0n) is 20.3. The quantitative estimate of drug-likeness (QED) is 0.468. The average molecular weight is 475 g/mol. The van der Waals surface area contributed by atoms with Crippen LogP contribution >= 0.6 is 11.8 Å². The molecule has 1 N–H and O–H groups in total. The van der Waals surface area contributed by atoms with Crippen LogP contribution in [0.15, 0.2) is 58.9 Å². The van der Waals surface area contributed by atoms with Gasteiger partial charge >= 0.3 is 0 Å². The molecule has 5 rings (SSSR count). The number of aryl methyl sites for hydroxylation is 2. The van der Waals surface area contributed by atoms with Crippen molar-refractivity contribution < 1.29 is 9.53 Å². The molecule has 0 radical (unpaired) electrons. The number of ketones is 1. The summed E-state index contributed by atoms with van der Waals surface area (Å²) < 4.78 is 7.54. The van der Waals surface area contributed by atoms with Gasteiger partial charge in [-0.15, -0.1) is 5.10 Å². The van der Waals surface area contributed by atoms with Crippen LogP contribution in [0.4, 0.5) is 5.95 Å². The van der Waals surface area contributed by atoms with E-state index >= 15 is 0 Å². The minimum Gasteiger partial charge on any atom is -0.496 e. The van der Waals surface area contributed by atoms with Crippen LogP contribution < -0.4 is 10.1 Å². The summed E-state index contributed by atoms with van der Waals surface area (Å²) in [5.41, 5.74) is 6.34. The van der Waals surface area contributed by atoms with E-state index in [2.05, 4.69) is 51.2 Å². The number of hydrogen-bond donors (Lipinski definition) is 1. The number of Topliss-reactive ketones (excluding diaryl/α,β-unsaturated/α-hetero) is 1. The molecule has 3 aromatic rings. The summed E-state index contributed by atoms with van der Waals surface area (Å²) in [5.74, 6) is 2.35. The van der Waals surface area contributed by atoms with Crippen molar-refractivity contribution in [2.75, 3.05) is 12.4 Å². The molecule has 0 spiro atoms. The van der Waals surface area contributed by atoms with E-state index in [-0.39, 0.29) is 17.2 Å². The summed E-state index contributed by atoms with van der Waals surface area (Å²) in [6.07, 6.45) is 1.30. The van der Waals surface area contributed by atoms with E-state index in [1.165, 1.54) is 16.7 Å². The molecule has 2 heterocycles. The number of rotatable bonds is 5. The Morgan fingerprint density at radius 3 is 2.74 bits per heavy atom. The van der Waals surface area contributed by atoms with Gasteiger partial charge in [-0.05, 0) is 42.9 Å². The third kappa shape index (κ3) is 4.13. The molecule has 1 aliphatic heterocycles. The number of anilines is 1. The van der Waals surface area contributed by atoms with Crippen molar-refractivity contribution in [3.63, 3.8) is 0 Å². The standard InChI is InChI=1S/C27H30N4O2S/c1-16-10-11-18(17(2)12-16)15-34-26-29-25-28-20-13-27(3,4)14-21(32)23(20)24(31(25)30-26)19-8-6-7-9-22(19)33-5/h6-12,24H,13-15H2,1-5H3,(H,28,29,30)/t24-/m0/s1. The van der Waals surface area contributed by atoms with Gasteiger partial charge in [0.15, 0.2) is 5.78 Å². The number of allylic oxidation sites excluding steroid dienone is 2. The number of ether oxygens (including phenoxy) is 1. The van der Waals surface area contributed by atoms with Gasteiger partial charge in [-0.1, -0.05) is 67.6 Å². The van der Waals surface area contributed by atoms with Gasteiger partial charge < -0.3 is 10.1 Å². The van der Waals surface area contributed by atoms with Gasteiger partial charge in [0.1, 0.15) is 11.8 Å². The zero-order chi connectivity index (χ0) is 24.0. The van der Waals surface area contributed by atoms with Crippen LogP contribution in [0.3, 0.4) is 0 Å². The lowest BCUT2D eigenvalue weighted by atomic mass is 9.73. The summed E-state index contributed by atoms with van der Waals surface area (Å²) in [7, 11) is 1.66. The number of benzene rings is 2.